The number of halogens is 1. The Morgan fingerprint density at radius 2 is 1.92 bits per heavy atom. The molecule has 0 aromatic heterocycles. The summed E-state index contributed by atoms with van der Waals surface area (Å²) in [5.74, 6) is -0.411. The van der Waals surface area contributed by atoms with E-state index < -0.39 is 5.82 Å². The standard InChI is InChI=1S/C17H15FN4O2.H2O/c1-10-16-17(23)21(11-7-8-15(24-2)12(18)9-11)20-22(16)14-6-4-3-5-13(14)19-10;/h3-9,20,23H,1-2H3;1H2. The second kappa shape index (κ2) is 6.08. The number of nitrogens with one attached hydrogen (secondary N) is 1. The van der Waals surface area contributed by atoms with Crippen LogP contribution in [0, 0.1) is 5.82 Å². The fourth-order valence-electron chi connectivity index (χ4n) is 2.86. The molecule has 0 fully saturated rings. The predicted octanol–water partition coefficient (Wildman–Crippen LogP) is 2.59. The molecule has 2 heterocycles. The summed E-state index contributed by atoms with van der Waals surface area (Å²) < 4.78 is 18.9. The number of hydrogen-bond donors (Lipinski definition) is 2. The van der Waals surface area contributed by atoms with E-state index in [-0.39, 0.29) is 17.1 Å². The third kappa shape index (κ3) is 2.48. The number of hydrogen-bond acceptors (Lipinski definition) is 6. The number of aliphatic imine (C=N–C) groups is 1. The molecule has 0 atom stereocenters. The van der Waals surface area contributed by atoms with E-state index in [1.807, 2.05) is 31.2 Å². The van der Waals surface area contributed by atoms with Crippen LogP contribution >= 0.6 is 0 Å². The highest BCUT2D eigenvalue weighted by Crippen LogP contribution is 2.39. The SMILES string of the molecule is COc1ccc(N2NN3C(=C2O)C(C)=Nc2ccccc23)cc1F.O. The van der Waals surface area contributed by atoms with Crippen molar-refractivity contribution in [1.29, 1.82) is 0 Å². The Labute approximate surface area is 143 Å². The van der Waals surface area contributed by atoms with Gasteiger partial charge in [-0.05, 0) is 31.2 Å². The topological polar surface area (TPSA) is 91.8 Å². The van der Waals surface area contributed by atoms with Gasteiger partial charge in [-0.1, -0.05) is 12.1 Å². The average molecular weight is 344 g/mol. The summed E-state index contributed by atoms with van der Waals surface area (Å²) in [5, 5.41) is 13.8. The van der Waals surface area contributed by atoms with Gasteiger partial charge in [0.1, 0.15) is 5.70 Å². The van der Waals surface area contributed by atoms with Gasteiger partial charge in [-0.25, -0.2) is 19.4 Å². The molecule has 2 aliphatic heterocycles. The number of methoxy groups -OCH3 is 1. The average Bonchev–Trinajstić information content (AvgIpc) is 2.93. The van der Waals surface area contributed by atoms with Crippen LogP contribution in [-0.4, -0.2) is 23.4 Å². The van der Waals surface area contributed by atoms with Crippen LogP contribution in [0.4, 0.5) is 21.5 Å². The molecule has 7 nitrogen and oxygen atoms in total. The molecular formula is C17H17FN4O3. The van der Waals surface area contributed by atoms with Crippen molar-refractivity contribution in [2.75, 3.05) is 17.1 Å². The molecule has 0 unspecified atom stereocenters. The molecule has 2 aliphatic rings. The number of para-hydroxylation sites is 2. The lowest BCUT2D eigenvalue weighted by molar-refractivity contribution is 0.382. The van der Waals surface area contributed by atoms with Crippen LogP contribution in [0.15, 0.2) is 59.0 Å². The molecule has 25 heavy (non-hydrogen) atoms. The van der Waals surface area contributed by atoms with Crippen LogP contribution < -0.4 is 20.3 Å². The zero-order valence-electron chi connectivity index (χ0n) is 13.6. The largest absolute Gasteiger partial charge is 0.494 e. The van der Waals surface area contributed by atoms with Crippen molar-refractivity contribution in [3.63, 3.8) is 0 Å². The number of allylic oxidation sites excluding steroid dienone is 1. The minimum atomic E-state index is -0.509. The number of fused-ring (bicyclic) bond motifs is 3. The van der Waals surface area contributed by atoms with Crippen molar-refractivity contribution in [3.8, 4) is 5.75 Å². The molecule has 0 bridgehead atoms. The molecule has 0 amide bonds. The molecule has 0 aliphatic carbocycles. The second-order valence-electron chi connectivity index (χ2n) is 5.45. The Balaban J connectivity index is 0.00000182. The maximum atomic E-state index is 14.0. The summed E-state index contributed by atoms with van der Waals surface area (Å²) in [6.45, 7) is 1.81. The summed E-state index contributed by atoms with van der Waals surface area (Å²) in [5.41, 5.74) is 6.30. The number of ether oxygens (including phenoxy) is 1. The highest BCUT2D eigenvalue weighted by Gasteiger charge is 2.36. The molecule has 0 radical (unpaired) electrons. The van der Waals surface area contributed by atoms with E-state index in [9.17, 15) is 9.50 Å². The van der Waals surface area contributed by atoms with E-state index in [0.29, 0.717) is 17.1 Å². The van der Waals surface area contributed by atoms with Crippen molar-refractivity contribution in [2.24, 2.45) is 4.99 Å². The maximum Gasteiger partial charge on any atom is 0.235 e. The first-order chi connectivity index (χ1) is 11.6. The van der Waals surface area contributed by atoms with E-state index in [1.54, 1.807) is 11.1 Å². The number of hydrazine groups is 2. The minimum absolute atomic E-state index is 0. The zero-order valence-corrected chi connectivity index (χ0v) is 13.6. The highest BCUT2D eigenvalue weighted by molar-refractivity contribution is 6.07. The Bertz CT molecular complexity index is 897. The lowest BCUT2D eigenvalue weighted by Crippen LogP contribution is -2.43. The third-order valence-corrected chi connectivity index (χ3v) is 3.99. The summed E-state index contributed by atoms with van der Waals surface area (Å²) in [6.07, 6.45) is 0. The van der Waals surface area contributed by atoms with Gasteiger partial charge in [0.15, 0.2) is 11.6 Å². The molecule has 8 heteroatoms. The van der Waals surface area contributed by atoms with Crippen LogP contribution in [-0.2, 0) is 0 Å². The molecule has 0 saturated carbocycles. The van der Waals surface area contributed by atoms with Crippen LogP contribution in [0.25, 0.3) is 0 Å². The third-order valence-electron chi connectivity index (χ3n) is 3.99. The first-order valence-corrected chi connectivity index (χ1v) is 7.38. The number of aliphatic hydroxyl groups is 1. The first kappa shape index (κ1) is 16.7. The number of rotatable bonds is 2. The Morgan fingerprint density at radius 3 is 2.64 bits per heavy atom. The molecule has 2 aromatic carbocycles. The fraction of sp³-hybridized carbons (Fsp3) is 0.118. The molecule has 2 aromatic rings. The molecular weight excluding hydrogens is 327 g/mol. The number of anilines is 2. The van der Waals surface area contributed by atoms with Crippen LogP contribution in [0.5, 0.6) is 5.75 Å². The van der Waals surface area contributed by atoms with Crippen molar-refractivity contribution < 1.29 is 19.7 Å². The monoisotopic (exact) mass is 344 g/mol. The van der Waals surface area contributed by atoms with E-state index >= 15 is 0 Å². The number of nitrogens with zero attached hydrogens (tertiary/aromatic N) is 3. The first-order valence-electron chi connectivity index (χ1n) is 7.38. The Morgan fingerprint density at radius 1 is 1.16 bits per heavy atom. The van der Waals surface area contributed by atoms with Crippen molar-refractivity contribution in [1.82, 2.24) is 5.53 Å². The van der Waals surface area contributed by atoms with Crippen molar-refractivity contribution >= 4 is 22.8 Å². The Kier molecular flexibility index (Phi) is 4.07. The van der Waals surface area contributed by atoms with Gasteiger partial charge in [-0.15, -0.1) is 5.53 Å². The van der Waals surface area contributed by atoms with Gasteiger partial charge < -0.3 is 15.3 Å². The molecule has 4 N–H and O–H groups in total. The fourth-order valence-corrected chi connectivity index (χ4v) is 2.86. The van der Waals surface area contributed by atoms with Gasteiger partial charge in [-0.3, -0.25) is 0 Å². The smallest absolute Gasteiger partial charge is 0.235 e. The minimum Gasteiger partial charge on any atom is -0.494 e. The zero-order chi connectivity index (χ0) is 16.8. The van der Waals surface area contributed by atoms with Gasteiger partial charge in [0.2, 0.25) is 5.88 Å². The van der Waals surface area contributed by atoms with E-state index in [1.165, 1.54) is 24.3 Å². The molecule has 0 spiro atoms. The maximum absolute atomic E-state index is 14.0. The molecule has 4 rings (SSSR count). The summed E-state index contributed by atoms with van der Waals surface area (Å²) in [4.78, 5) is 4.51. The molecule has 130 valence electrons. The van der Waals surface area contributed by atoms with Gasteiger partial charge in [0.05, 0.1) is 29.9 Å². The number of benzene rings is 2. The summed E-state index contributed by atoms with van der Waals surface area (Å²) >= 11 is 0. The summed E-state index contributed by atoms with van der Waals surface area (Å²) in [6, 6.07) is 12.0. The summed E-state index contributed by atoms with van der Waals surface area (Å²) in [7, 11) is 1.41. The number of aliphatic hydroxyl groups excluding tert-OH is 1. The van der Waals surface area contributed by atoms with Crippen LogP contribution in [0.3, 0.4) is 0 Å². The van der Waals surface area contributed by atoms with Gasteiger partial charge in [0.25, 0.3) is 0 Å². The van der Waals surface area contributed by atoms with E-state index in [2.05, 4.69) is 10.5 Å². The van der Waals surface area contributed by atoms with Gasteiger partial charge >= 0.3 is 0 Å². The highest BCUT2D eigenvalue weighted by atomic mass is 19.1. The molecule has 0 saturated heterocycles. The lowest BCUT2D eigenvalue weighted by Gasteiger charge is -2.27. The van der Waals surface area contributed by atoms with Gasteiger partial charge in [-0.2, -0.15) is 0 Å². The van der Waals surface area contributed by atoms with Crippen molar-refractivity contribution in [2.45, 2.75) is 6.92 Å². The normalized spacial score (nSPS) is 15.4. The second-order valence-corrected chi connectivity index (χ2v) is 5.45. The lowest BCUT2D eigenvalue weighted by atomic mass is 10.1. The van der Waals surface area contributed by atoms with E-state index in [0.717, 1.165) is 11.4 Å². The quantitative estimate of drug-likeness (QED) is 0.874. The Hall–Kier alpha value is -3.10. The predicted molar refractivity (Wildman–Crippen MR) is 93.5 cm³/mol. The van der Waals surface area contributed by atoms with Crippen LogP contribution in [0.1, 0.15) is 6.92 Å². The van der Waals surface area contributed by atoms with Crippen molar-refractivity contribution in [3.05, 3.63) is 59.9 Å². The van der Waals surface area contributed by atoms with Gasteiger partial charge in [0, 0.05) is 6.07 Å². The van der Waals surface area contributed by atoms with Crippen LogP contribution in [0.2, 0.25) is 0 Å². The van der Waals surface area contributed by atoms with E-state index in [4.69, 9.17) is 4.74 Å².